The van der Waals surface area contributed by atoms with E-state index in [2.05, 4.69) is 42.3 Å². The highest BCUT2D eigenvalue weighted by molar-refractivity contribution is 6.03. The van der Waals surface area contributed by atoms with Crippen LogP contribution in [0.3, 0.4) is 0 Å². The van der Waals surface area contributed by atoms with E-state index in [-0.39, 0.29) is 6.03 Å². The minimum absolute atomic E-state index is 0.0501. The van der Waals surface area contributed by atoms with Crippen molar-refractivity contribution < 1.29 is 4.79 Å². The fraction of sp³-hybridized carbons (Fsp3) is 0.381. The Kier molecular flexibility index (Phi) is 5.27. The summed E-state index contributed by atoms with van der Waals surface area (Å²) in [6.07, 6.45) is 2.04. The molecule has 0 aromatic heterocycles. The largest absolute Gasteiger partial charge is 0.372 e. The molecule has 0 saturated carbocycles. The first-order valence-electron chi connectivity index (χ1n) is 9.16. The topological polar surface area (TPSA) is 35.6 Å². The molecule has 0 bridgehead atoms. The van der Waals surface area contributed by atoms with Gasteiger partial charge in [-0.15, -0.1) is 0 Å². The third-order valence-electron chi connectivity index (χ3n) is 4.94. The molecule has 1 aliphatic heterocycles. The Morgan fingerprint density at radius 2 is 1.92 bits per heavy atom. The van der Waals surface area contributed by atoms with Crippen molar-refractivity contribution in [3.63, 3.8) is 0 Å². The lowest BCUT2D eigenvalue weighted by molar-refractivity contribution is 0.256. The van der Waals surface area contributed by atoms with Gasteiger partial charge in [-0.25, -0.2) is 4.79 Å². The van der Waals surface area contributed by atoms with Crippen molar-refractivity contribution in [2.45, 2.75) is 33.6 Å². The molecule has 4 heteroatoms. The zero-order valence-corrected chi connectivity index (χ0v) is 15.4. The van der Waals surface area contributed by atoms with Gasteiger partial charge in [0.05, 0.1) is 0 Å². The molecular weight excluding hydrogens is 310 g/mol. The number of carbonyl (C=O) groups is 1. The summed E-state index contributed by atoms with van der Waals surface area (Å²) < 4.78 is 0. The predicted molar refractivity (Wildman–Crippen MR) is 106 cm³/mol. The lowest BCUT2D eigenvalue weighted by atomic mass is 10.0. The van der Waals surface area contributed by atoms with E-state index in [9.17, 15) is 4.79 Å². The zero-order chi connectivity index (χ0) is 17.8. The average molecular weight is 337 g/mol. The number of urea groups is 1. The highest BCUT2D eigenvalue weighted by atomic mass is 16.2. The summed E-state index contributed by atoms with van der Waals surface area (Å²) in [7, 11) is 0. The van der Waals surface area contributed by atoms with Crippen molar-refractivity contribution in [3.8, 4) is 0 Å². The molecule has 4 nitrogen and oxygen atoms in total. The van der Waals surface area contributed by atoms with E-state index in [1.807, 2.05) is 36.1 Å². The number of rotatable bonds is 4. The van der Waals surface area contributed by atoms with Crippen molar-refractivity contribution in [1.82, 2.24) is 0 Å². The Morgan fingerprint density at radius 3 is 2.64 bits per heavy atom. The van der Waals surface area contributed by atoms with E-state index >= 15 is 0 Å². The molecule has 25 heavy (non-hydrogen) atoms. The summed E-state index contributed by atoms with van der Waals surface area (Å²) in [6, 6.07) is 14.4. The maximum atomic E-state index is 12.8. The number of hydrogen-bond acceptors (Lipinski definition) is 2. The summed E-state index contributed by atoms with van der Waals surface area (Å²) in [5.74, 6) is 0. The quantitative estimate of drug-likeness (QED) is 0.867. The van der Waals surface area contributed by atoms with Crippen LogP contribution in [0.15, 0.2) is 42.5 Å². The number of benzene rings is 2. The van der Waals surface area contributed by atoms with E-state index in [0.717, 1.165) is 49.4 Å². The number of amides is 2. The molecule has 2 aromatic rings. The molecule has 0 saturated heterocycles. The monoisotopic (exact) mass is 337 g/mol. The average Bonchev–Trinajstić information content (AvgIpc) is 2.64. The summed E-state index contributed by atoms with van der Waals surface area (Å²) >= 11 is 0. The van der Waals surface area contributed by atoms with Gasteiger partial charge in [0.25, 0.3) is 0 Å². The molecule has 1 aliphatic rings. The van der Waals surface area contributed by atoms with Crippen molar-refractivity contribution in [3.05, 3.63) is 53.6 Å². The summed E-state index contributed by atoms with van der Waals surface area (Å²) in [5.41, 5.74) is 5.44. The predicted octanol–water partition coefficient (Wildman–Crippen LogP) is 4.83. The Morgan fingerprint density at radius 1 is 1.16 bits per heavy atom. The first-order chi connectivity index (χ1) is 12.1. The number of aryl methyl sites for hydroxylation is 2. The van der Waals surface area contributed by atoms with Gasteiger partial charge in [-0.05, 0) is 69.0 Å². The number of nitrogens with zero attached hydrogens (tertiary/aromatic N) is 2. The molecule has 0 fully saturated rings. The second-order valence-corrected chi connectivity index (χ2v) is 6.49. The van der Waals surface area contributed by atoms with Gasteiger partial charge in [-0.2, -0.15) is 0 Å². The Balaban J connectivity index is 1.78. The molecule has 0 unspecified atom stereocenters. The SMILES string of the molecule is CCN(CC)c1ccc(NC(=O)N2CCCc3ccccc32)c(C)c1. The molecule has 1 N–H and O–H groups in total. The van der Waals surface area contributed by atoms with Crippen LogP contribution in [0.5, 0.6) is 0 Å². The van der Waals surface area contributed by atoms with Gasteiger partial charge in [0.1, 0.15) is 0 Å². The van der Waals surface area contributed by atoms with Gasteiger partial charge in [0.15, 0.2) is 0 Å². The molecular formula is C21H27N3O. The second kappa shape index (κ2) is 7.60. The summed E-state index contributed by atoms with van der Waals surface area (Å²) in [5, 5.41) is 3.09. The third kappa shape index (κ3) is 3.63. The summed E-state index contributed by atoms with van der Waals surface area (Å²) in [6.45, 7) is 9.08. The molecule has 3 rings (SSSR count). The van der Waals surface area contributed by atoms with E-state index in [4.69, 9.17) is 0 Å². The van der Waals surface area contributed by atoms with Gasteiger partial charge in [-0.1, -0.05) is 18.2 Å². The molecule has 2 amide bonds. The van der Waals surface area contributed by atoms with Crippen LogP contribution in [0.1, 0.15) is 31.4 Å². The normalized spacial score (nSPS) is 13.3. The van der Waals surface area contributed by atoms with Crippen LogP contribution in [0.4, 0.5) is 21.9 Å². The fourth-order valence-corrected chi connectivity index (χ4v) is 3.50. The lowest BCUT2D eigenvalue weighted by Crippen LogP contribution is -2.38. The Hall–Kier alpha value is -2.49. The zero-order valence-electron chi connectivity index (χ0n) is 15.4. The first-order valence-corrected chi connectivity index (χ1v) is 9.16. The minimum atomic E-state index is -0.0501. The van der Waals surface area contributed by atoms with Crippen LogP contribution < -0.4 is 15.1 Å². The third-order valence-corrected chi connectivity index (χ3v) is 4.94. The smallest absolute Gasteiger partial charge is 0.326 e. The first kappa shape index (κ1) is 17.3. The van der Waals surface area contributed by atoms with Crippen molar-refractivity contribution in [2.24, 2.45) is 0 Å². The van der Waals surface area contributed by atoms with Crippen LogP contribution in [-0.4, -0.2) is 25.7 Å². The second-order valence-electron chi connectivity index (χ2n) is 6.49. The highest BCUT2D eigenvalue weighted by Gasteiger charge is 2.22. The number of para-hydroxylation sites is 1. The van der Waals surface area contributed by atoms with E-state index in [1.165, 1.54) is 11.3 Å². The molecule has 0 atom stereocenters. The van der Waals surface area contributed by atoms with E-state index in [1.54, 1.807) is 0 Å². The van der Waals surface area contributed by atoms with Crippen molar-refractivity contribution in [1.29, 1.82) is 0 Å². The molecule has 0 aliphatic carbocycles. The molecule has 2 aromatic carbocycles. The number of carbonyl (C=O) groups excluding carboxylic acids is 1. The van der Waals surface area contributed by atoms with E-state index < -0.39 is 0 Å². The van der Waals surface area contributed by atoms with Gasteiger partial charge < -0.3 is 10.2 Å². The number of hydrogen-bond donors (Lipinski definition) is 1. The minimum Gasteiger partial charge on any atom is -0.372 e. The molecule has 132 valence electrons. The van der Waals surface area contributed by atoms with Crippen LogP contribution in [0, 0.1) is 6.92 Å². The molecule has 0 radical (unpaired) electrons. The van der Waals surface area contributed by atoms with Gasteiger partial charge in [0.2, 0.25) is 0 Å². The number of nitrogens with one attached hydrogen (secondary N) is 1. The molecule has 0 spiro atoms. The Bertz CT molecular complexity index is 753. The van der Waals surface area contributed by atoms with Crippen LogP contribution in [-0.2, 0) is 6.42 Å². The lowest BCUT2D eigenvalue weighted by Gasteiger charge is -2.30. The van der Waals surface area contributed by atoms with E-state index in [0.29, 0.717) is 0 Å². The number of fused-ring (bicyclic) bond motifs is 1. The standard InChI is InChI=1S/C21H27N3O/c1-4-23(5-2)18-12-13-19(16(3)15-18)22-21(25)24-14-8-10-17-9-6-7-11-20(17)24/h6-7,9,11-13,15H,4-5,8,10,14H2,1-3H3,(H,22,25). The van der Waals surface area contributed by atoms with Gasteiger partial charge in [-0.3, -0.25) is 4.90 Å². The fourth-order valence-electron chi connectivity index (χ4n) is 3.50. The van der Waals surface area contributed by atoms with Gasteiger partial charge in [0, 0.05) is 36.7 Å². The van der Waals surface area contributed by atoms with Crippen molar-refractivity contribution >= 4 is 23.1 Å². The van der Waals surface area contributed by atoms with Gasteiger partial charge >= 0.3 is 6.03 Å². The molecule has 1 heterocycles. The van der Waals surface area contributed by atoms with Crippen LogP contribution in [0.2, 0.25) is 0 Å². The van der Waals surface area contributed by atoms with Crippen LogP contribution >= 0.6 is 0 Å². The van der Waals surface area contributed by atoms with Crippen LogP contribution in [0.25, 0.3) is 0 Å². The maximum Gasteiger partial charge on any atom is 0.326 e. The maximum absolute atomic E-state index is 12.8. The van der Waals surface area contributed by atoms with Crippen molar-refractivity contribution in [2.75, 3.05) is 34.8 Å². The summed E-state index contributed by atoms with van der Waals surface area (Å²) in [4.78, 5) is 17.0. The number of anilines is 3. The Labute approximate surface area is 150 Å². The highest BCUT2D eigenvalue weighted by Crippen LogP contribution is 2.28.